The summed E-state index contributed by atoms with van der Waals surface area (Å²) >= 11 is 0. The Kier molecular flexibility index (Phi) is 2.41. The van der Waals surface area contributed by atoms with E-state index < -0.39 is 0 Å². The van der Waals surface area contributed by atoms with Crippen LogP contribution in [0.15, 0.2) is 0 Å². The molecule has 2 fully saturated rings. The first kappa shape index (κ1) is 7.53. The maximum atomic E-state index is 5.63. The van der Waals surface area contributed by atoms with E-state index in [0.717, 1.165) is 19.7 Å². The lowest BCUT2D eigenvalue weighted by molar-refractivity contribution is -0.0653. The van der Waals surface area contributed by atoms with E-state index in [1.807, 2.05) is 0 Å². The fourth-order valence-electron chi connectivity index (χ4n) is 1.82. The van der Waals surface area contributed by atoms with Crippen molar-refractivity contribution in [2.24, 2.45) is 0 Å². The van der Waals surface area contributed by atoms with Crippen LogP contribution in [-0.2, 0) is 4.74 Å². The van der Waals surface area contributed by atoms with Crippen LogP contribution in [0, 0.1) is 0 Å². The van der Waals surface area contributed by atoms with Crippen LogP contribution < -0.4 is 5.32 Å². The van der Waals surface area contributed by atoms with Crippen molar-refractivity contribution in [3.8, 4) is 0 Å². The molecule has 11 heavy (non-hydrogen) atoms. The zero-order valence-electron chi connectivity index (χ0n) is 6.88. The van der Waals surface area contributed by atoms with E-state index in [0.29, 0.717) is 6.23 Å². The van der Waals surface area contributed by atoms with Crippen LogP contribution in [0.25, 0.3) is 0 Å². The molecule has 64 valence electrons. The Morgan fingerprint density at radius 3 is 2.73 bits per heavy atom. The van der Waals surface area contributed by atoms with Crippen molar-refractivity contribution >= 4 is 0 Å². The molecule has 3 heteroatoms. The van der Waals surface area contributed by atoms with E-state index in [1.54, 1.807) is 0 Å². The van der Waals surface area contributed by atoms with Crippen molar-refractivity contribution < 1.29 is 4.74 Å². The molecular formula is C8H16N2O. The first-order chi connectivity index (χ1) is 5.47. The maximum Gasteiger partial charge on any atom is 0.123 e. The van der Waals surface area contributed by atoms with Gasteiger partial charge in [-0.25, -0.2) is 0 Å². The molecule has 0 aromatic rings. The average molecular weight is 156 g/mol. The van der Waals surface area contributed by atoms with Gasteiger partial charge in [0.05, 0.1) is 6.61 Å². The molecule has 1 N–H and O–H groups in total. The molecule has 0 amide bonds. The minimum atomic E-state index is 0.367. The Labute approximate surface area is 67.7 Å². The normalized spacial score (nSPS) is 34.4. The monoisotopic (exact) mass is 156 g/mol. The third kappa shape index (κ3) is 1.72. The van der Waals surface area contributed by atoms with Crippen molar-refractivity contribution in [2.45, 2.75) is 19.1 Å². The molecular weight excluding hydrogens is 140 g/mol. The van der Waals surface area contributed by atoms with Crippen LogP contribution in [0.4, 0.5) is 0 Å². The summed E-state index contributed by atoms with van der Waals surface area (Å²) in [7, 11) is 0. The maximum absolute atomic E-state index is 5.63. The number of nitrogens with zero attached hydrogens (tertiary/aromatic N) is 1. The minimum Gasteiger partial charge on any atom is -0.360 e. The lowest BCUT2D eigenvalue weighted by atomic mass is 10.4. The highest BCUT2D eigenvalue weighted by Crippen LogP contribution is 2.13. The third-order valence-electron chi connectivity index (χ3n) is 2.46. The summed E-state index contributed by atoms with van der Waals surface area (Å²) in [4.78, 5) is 2.44. The lowest BCUT2D eigenvalue weighted by Crippen LogP contribution is -2.48. The van der Waals surface area contributed by atoms with E-state index in [-0.39, 0.29) is 0 Å². The first-order valence-corrected chi connectivity index (χ1v) is 4.53. The zero-order valence-corrected chi connectivity index (χ0v) is 6.88. The standard InChI is InChI=1S/C8H16N2O/c1-2-5-10(4-1)8-7-9-3-6-11-8/h8-9H,1-7H2. The van der Waals surface area contributed by atoms with Crippen LogP contribution in [-0.4, -0.2) is 43.9 Å². The quantitative estimate of drug-likeness (QED) is 0.579. The molecule has 0 radical (unpaired) electrons. The molecule has 0 saturated carbocycles. The highest BCUT2D eigenvalue weighted by atomic mass is 16.5. The van der Waals surface area contributed by atoms with Crippen molar-refractivity contribution in [3.63, 3.8) is 0 Å². The lowest BCUT2D eigenvalue weighted by Gasteiger charge is -2.31. The molecule has 2 aliphatic rings. The number of likely N-dealkylation sites (tertiary alicyclic amines) is 1. The topological polar surface area (TPSA) is 24.5 Å². The molecule has 2 rings (SSSR count). The highest BCUT2D eigenvalue weighted by Gasteiger charge is 2.23. The van der Waals surface area contributed by atoms with Crippen LogP contribution in [0.3, 0.4) is 0 Å². The molecule has 2 aliphatic heterocycles. The molecule has 0 bridgehead atoms. The van der Waals surface area contributed by atoms with Gasteiger partial charge >= 0.3 is 0 Å². The van der Waals surface area contributed by atoms with Gasteiger partial charge in [-0.15, -0.1) is 0 Å². The highest BCUT2D eigenvalue weighted by molar-refractivity contribution is 4.73. The molecule has 0 spiro atoms. The van der Waals surface area contributed by atoms with Crippen LogP contribution in [0.5, 0.6) is 0 Å². The summed E-state index contributed by atoms with van der Waals surface area (Å²) < 4.78 is 5.63. The van der Waals surface area contributed by atoms with Crippen molar-refractivity contribution in [1.82, 2.24) is 10.2 Å². The first-order valence-electron chi connectivity index (χ1n) is 4.53. The number of morpholine rings is 1. The number of hydrogen-bond donors (Lipinski definition) is 1. The molecule has 1 atom stereocenters. The Balaban J connectivity index is 1.82. The second kappa shape index (κ2) is 3.52. The molecule has 2 heterocycles. The number of rotatable bonds is 1. The predicted molar refractivity (Wildman–Crippen MR) is 43.4 cm³/mol. The molecule has 0 aromatic carbocycles. The van der Waals surface area contributed by atoms with Crippen LogP contribution in [0.1, 0.15) is 12.8 Å². The summed E-state index contributed by atoms with van der Waals surface area (Å²) in [5.41, 5.74) is 0. The fourth-order valence-corrected chi connectivity index (χ4v) is 1.82. The third-order valence-corrected chi connectivity index (χ3v) is 2.46. The van der Waals surface area contributed by atoms with Gasteiger partial charge in [-0.1, -0.05) is 0 Å². The van der Waals surface area contributed by atoms with Gasteiger partial charge in [0.1, 0.15) is 6.23 Å². The average Bonchev–Trinajstić information content (AvgIpc) is 2.58. The molecule has 0 aliphatic carbocycles. The van der Waals surface area contributed by atoms with Crippen LogP contribution >= 0.6 is 0 Å². The van der Waals surface area contributed by atoms with Crippen molar-refractivity contribution in [3.05, 3.63) is 0 Å². The van der Waals surface area contributed by atoms with E-state index >= 15 is 0 Å². The smallest absolute Gasteiger partial charge is 0.123 e. The van der Waals surface area contributed by atoms with Gasteiger partial charge in [0.25, 0.3) is 0 Å². The molecule has 3 nitrogen and oxygen atoms in total. The van der Waals surface area contributed by atoms with E-state index in [4.69, 9.17) is 4.74 Å². The summed E-state index contributed by atoms with van der Waals surface area (Å²) in [6, 6.07) is 0. The minimum absolute atomic E-state index is 0.367. The van der Waals surface area contributed by atoms with Crippen molar-refractivity contribution in [2.75, 3.05) is 32.8 Å². The summed E-state index contributed by atoms with van der Waals surface area (Å²) in [5.74, 6) is 0. The van der Waals surface area contributed by atoms with Gasteiger partial charge in [0.15, 0.2) is 0 Å². The second-order valence-electron chi connectivity index (χ2n) is 3.27. The zero-order chi connectivity index (χ0) is 7.52. The molecule has 1 unspecified atom stereocenters. The summed E-state index contributed by atoms with van der Waals surface area (Å²) in [6.07, 6.45) is 3.06. The number of nitrogens with one attached hydrogen (secondary N) is 1. The van der Waals surface area contributed by atoms with Crippen LogP contribution in [0.2, 0.25) is 0 Å². The molecule has 0 aromatic heterocycles. The van der Waals surface area contributed by atoms with Gasteiger partial charge in [0.2, 0.25) is 0 Å². The van der Waals surface area contributed by atoms with E-state index in [1.165, 1.54) is 25.9 Å². The largest absolute Gasteiger partial charge is 0.360 e. The predicted octanol–water partition coefficient (Wildman–Crippen LogP) is 0.0281. The number of ether oxygens (including phenoxy) is 1. The Hall–Kier alpha value is -0.120. The Bertz CT molecular complexity index is 117. The SMILES string of the molecule is C1CCN(C2CNCCO2)C1. The Morgan fingerprint density at radius 2 is 2.09 bits per heavy atom. The van der Waals surface area contributed by atoms with Gasteiger partial charge in [-0.3, -0.25) is 4.90 Å². The van der Waals surface area contributed by atoms with Crippen molar-refractivity contribution in [1.29, 1.82) is 0 Å². The van der Waals surface area contributed by atoms with Gasteiger partial charge < -0.3 is 10.1 Å². The van der Waals surface area contributed by atoms with E-state index in [2.05, 4.69) is 10.2 Å². The second-order valence-corrected chi connectivity index (χ2v) is 3.27. The summed E-state index contributed by atoms with van der Waals surface area (Å²) in [6.45, 7) is 5.37. The van der Waals surface area contributed by atoms with Gasteiger partial charge in [0, 0.05) is 26.2 Å². The van der Waals surface area contributed by atoms with Gasteiger partial charge in [-0.2, -0.15) is 0 Å². The summed E-state index contributed by atoms with van der Waals surface area (Å²) in [5, 5.41) is 3.35. The number of hydrogen-bond acceptors (Lipinski definition) is 3. The Morgan fingerprint density at radius 1 is 1.27 bits per heavy atom. The van der Waals surface area contributed by atoms with Gasteiger partial charge in [-0.05, 0) is 12.8 Å². The fraction of sp³-hybridized carbons (Fsp3) is 1.00. The molecule has 2 saturated heterocycles. The van der Waals surface area contributed by atoms with E-state index in [9.17, 15) is 0 Å².